The van der Waals surface area contributed by atoms with Gasteiger partial charge in [-0.2, -0.15) is 4.79 Å². The number of fused-ring (bicyclic) bond motifs is 1. The average molecular weight is 364 g/mol. The zero-order valence-corrected chi connectivity index (χ0v) is 15.3. The predicted octanol–water partition coefficient (Wildman–Crippen LogP) is 3.70. The van der Waals surface area contributed by atoms with Crippen LogP contribution in [0.2, 0.25) is 0 Å². The summed E-state index contributed by atoms with van der Waals surface area (Å²) in [5, 5.41) is 0. The van der Waals surface area contributed by atoms with E-state index in [0.29, 0.717) is 10.4 Å². The largest absolute Gasteiger partial charge is 0.469 e. The van der Waals surface area contributed by atoms with E-state index in [4.69, 9.17) is 0 Å². The SMILES string of the molecule is C=C/C=C(\C(F)=C/C)c1c(C)c2c(n1F)C(CC(=O)OC)CN(C)C2=O. The zero-order chi connectivity index (χ0) is 19.6. The molecule has 26 heavy (non-hydrogen) atoms. The molecule has 1 aromatic rings. The first-order valence-corrected chi connectivity index (χ1v) is 8.17. The molecule has 1 amide bonds. The summed E-state index contributed by atoms with van der Waals surface area (Å²) in [6, 6.07) is 0. The number of methoxy groups -OCH3 is 1. The second kappa shape index (κ2) is 7.68. The second-order valence-electron chi connectivity index (χ2n) is 6.13. The number of halogens is 2. The van der Waals surface area contributed by atoms with Crippen molar-refractivity contribution in [3.05, 3.63) is 53.1 Å². The van der Waals surface area contributed by atoms with Crippen molar-refractivity contribution < 1.29 is 23.2 Å². The van der Waals surface area contributed by atoms with Gasteiger partial charge in [0.1, 0.15) is 5.83 Å². The molecule has 0 N–H and O–H groups in total. The number of likely N-dealkylation sites (N-methyl/N-ethyl adjacent to an activating group) is 1. The van der Waals surface area contributed by atoms with Gasteiger partial charge in [-0.25, -0.2) is 4.39 Å². The zero-order valence-electron chi connectivity index (χ0n) is 15.3. The fraction of sp³-hybridized carbons (Fsp3) is 0.368. The van der Waals surface area contributed by atoms with Crippen LogP contribution in [0.25, 0.3) is 5.57 Å². The molecular formula is C19H22F2N2O3. The molecule has 0 fully saturated rings. The molecule has 1 aliphatic heterocycles. The van der Waals surface area contributed by atoms with E-state index in [1.165, 1.54) is 37.2 Å². The van der Waals surface area contributed by atoms with Crippen molar-refractivity contribution >= 4 is 17.4 Å². The Hall–Kier alpha value is -2.70. The molecule has 0 radical (unpaired) electrons. The highest BCUT2D eigenvalue weighted by Crippen LogP contribution is 2.40. The molecule has 0 saturated carbocycles. The first-order valence-electron chi connectivity index (χ1n) is 8.17. The number of carbonyl (C=O) groups excluding carboxylic acids is 2. The summed E-state index contributed by atoms with van der Waals surface area (Å²) < 4.78 is 34.3. The topological polar surface area (TPSA) is 51.5 Å². The molecule has 0 saturated heterocycles. The summed E-state index contributed by atoms with van der Waals surface area (Å²) in [7, 11) is 2.83. The molecule has 140 valence electrons. The van der Waals surface area contributed by atoms with E-state index in [2.05, 4.69) is 11.3 Å². The lowest BCUT2D eigenvalue weighted by Crippen LogP contribution is -2.38. The number of amides is 1. The van der Waals surface area contributed by atoms with Gasteiger partial charge in [0.2, 0.25) is 0 Å². The summed E-state index contributed by atoms with van der Waals surface area (Å²) in [6.07, 6.45) is 3.83. The molecule has 1 aliphatic rings. The van der Waals surface area contributed by atoms with Gasteiger partial charge >= 0.3 is 5.97 Å². The van der Waals surface area contributed by atoms with Crippen molar-refractivity contribution in [3.63, 3.8) is 0 Å². The van der Waals surface area contributed by atoms with E-state index in [-0.39, 0.29) is 41.4 Å². The molecule has 0 bridgehead atoms. The Balaban J connectivity index is 2.74. The van der Waals surface area contributed by atoms with Gasteiger partial charge in [0.15, 0.2) is 0 Å². The lowest BCUT2D eigenvalue weighted by atomic mass is 9.91. The van der Waals surface area contributed by atoms with Gasteiger partial charge in [-0.1, -0.05) is 29.3 Å². The standard InChI is InChI=1S/C19H22F2N2O3/c1-6-8-13(14(20)7-2)17-11(3)16-18(23(17)21)12(9-15(24)26-5)10-22(4)19(16)25/h6-8,12H,1,9-10H2,2-5H3/b13-8+,14-7+. The van der Waals surface area contributed by atoms with E-state index < -0.39 is 17.7 Å². The first kappa shape index (κ1) is 19.6. The van der Waals surface area contributed by atoms with Crippen LogP contribution in [-0.4, -0.2) is 42.3 Å². The highest BCUT2D eigenvalue weighted by Gasteiger charge is 2.39. The third-order valence-corrected chi connectivity index (χ3v) is 4.53. The quantitative estimate of drug-likeness (QED) is 0.591. The number of aromatic nitrogens is 1. The number of rotatable bonds is 5. The molecule has 0 spiro atoms. The van der Waals surface area contributed by atoms with Crippen molar-refractivity contribution in [1.29, 1.82) is 0 Å². The van der Waals surface area contributed by atoms with E-state index >= 15 is 4.48 Å². The number of ether oxygens (including phenoxy) is 1. The molecule has 0 aliphatic carbocycles. The Kier molecular flexibility index (Phi) is 5.79. The molecule has 7 heteroatoms. The lowest BCUT2D eigenvalue weighted by Gasteiger charge is -2.29. The summed E-state index contributed by atoms with van der Waals surface area (Å²) in [5.74, 6) is -2.09. The molecule has 1 aromatic heterocycles. The summed E-state index contributed by atoms with van der Waals surface area (Å²) in [4.78, 5) is 26.1. The number of hydrogen-bond acceptors (Lipinski definition) is 3. The molecule has 1 atom stereocenters. The summed E-state index contributed by atoms with van der Waals surface area (Å²) >= 11 is 0. The van der Waals surface area contributed by atoms with E-state index in [1.54, 1.807) is 14.0 Å². The van der Waals surface area contributed by atoms with Crippen LogP contribution in [0, 0.1) is 6.92 Å². The third-order valence-electron chi connectivity index (χ3n) is 4.53. The Labute approximate surface area is 151 Å². The number of nitrogens with zero attached hydrogens (tertiary/aromatic N) is 2. The Morgan fingerprint density at radius 3 is 2.65 bits per heavy atom. The maximum Gasteiger partial charge on any atom is 0.306 e. The van der Waals surface area contributed by atoms with Crippen LogP contribution in [0.5, 0.6) is 0 Å². The number of hydrogen-bond donors (Lipinski definition) is 0. The first-order chi connectivity index (χ1) is 12.3. The van der Waals surface area contributed by atoms with Crippen molar-refractivity contribution in [1.82, 2.24) is 9.69 Å². The van der Waals surface area contributed by atoms with Crippen LogP contribution in [0.3, 0.4) is 0 Å². The van der Waals surface area contributed by atoms with Crippen molar-refractivity contribution in [2.75, 3.05) is 20.7 Å². The van der Waals surface area contributed by atoms with Gasteiger partial charge in [0, 0.05) is 25.1 Å². The normalized spacial score (nSPS) is 18.0. The van der Waals surface area contributed by atoms with Gasteiger partial charge in [-0.3, -0.25) is 9.59 Å². The summed E-state index contributed by atoms with van der Waals surface area (Å²) in [5.41, 5.74) is 0.487. The monoisotopic (exact) mass is 364 g/mol. The van der Waals surface area contributed by atoms with Crippen LogP contribution in [0.15, 0.2) is 30.6 Å². The average Bonchev–Trinajstić information content (AvgIpc) is 2.87. The van der Waals surface area contributed by atoms with Gasteiger partial charge in [-0.05, 0) is 19.4 Å². The molecule has 2 rings (SSSR count). The molecule has 5 nitrogen and oxygen atoms in total. The van der Waals surface area contributed by atoms with Gasteiger partial charge in [0.25, 0.3) is 5.91 Å². The van der Waals surface area contributed by atoms with Crippen molar-refractivity contribution in [2.45, 2.75) is 26.2 Å². The lowest BCUT2D eigenvalue weighted by molar-refractivity contribution is -0.141. The minimum absolute atomic E-state index is 0.0100. The number of allylic oxidation sites excluding steroid dienone is 5. The Morgan fingerprint density at radius 2 is 2.12 bits per heavy atom. The molecular weight excluding hydrogens is 342 g/mol. The van der Waals surface area contributed by atoms with Gasteiger partial charge in [0.05, 0.1) is 30.5 Å². The van der Waals surface area contributed by atoms with Gasteiger partial charge < -0.3 is 9.64 Å². The maximum absolute atomic E-state index is 15.3. The summed E-state index contributed by atoms with van der Waals surface area (Å²) in [6.45, 7) is 6.76. The van der Waals surface area contributed by atoms with Crippen LogP contribution >= 0.6 is 0 Å². The maximum atomic E-state index is 15.3. The van der Waals surface area contributed by atoms with E-state index in [1.807, 2.05) is 0 Å². The Bertz CT molecular complexity index is 821. The smallest absolute Gasteiger partial charge is 0.306 e. The van der Waals surface area contributed by atoms with Crippen molar-refractivity contribution in [3.8, 4) is 0 Å². The number of esters is 1. The second-order valence-corrected chi connectivity index (χ2v) is 6.13. The minimum Gasteiger partial charge on any atom is -0.469 e. The fourth-order valence-corrected chi connectivity index (χ4v) is 3.30. The highest BCUT2D eigenvalue weighted by molar-refractivity contribution is 6.00. The number of carbonyl (C=O) groups is 2. The highest BCUT2D eigenvalue weighted by atomic mass is 19.2. The minimum atomic E-state index is -0.632. The predicted molar refractivity (Wildman–Crippen MR) is 95.0 cm³/mol. The van der Waals surface area contributed by atoms with Gasteiger partial charge in [-0.15, -0.1) is 0 Å². The molecule has 1 unspecified atom stereocenters. The van der Waals surface area contributed by atoms with Crippen LogP contribution in [0.1, 0.15) is 46.6 Å². The molecule has 2 heterocycles. The third kappa shape index (κ3) is 3.21. The van der Waals surface area contributed by atoms with E-state index in [0.717, 1.165) is 0 Å². The van der Waals surface area contributed by atoms with Crippen LogP contribution in [0.4, 0.5) is 8.87 Å². The van der Waals surface area contributed by atoms with Crippen molar-refractivity contribution in [2.24, 2.45) is 0 Å². The molecule has 0 aromatic carbocycles. The Morgan fingerprint density at radius 1 is 1.46 bits per heavy atom. The van der Waals surface area contributed by atoms with Crippen LogP contribution in [-0.2, 0) is 9.53 Å². The fourth-order valence-electron chi connectivity index (χ4n) is 3.30. The van der Waals surface area contributed by atoms with E-state index in [9.17, 15) is 14.0 Å². The van der Waals surface area contributed by atoms with Crippen LogP contribution < -0.4 is 0 Å².